The fourth-order valence-corrected chi connectivity index (χ4v) is 4.11. The number of piperazine rings is 1. The molecule has 8 nitrogen and oxygen atoms in total. The standard InChI is InChI=1S/C20H22ClN5O3/c21-16-12-14(19(27)26-6-1-2-7-26)13-23-18(16)25-10-8-24(9-11-25)17-15(20(28)29)4-3-5-22-17/h3-5,12-13H,1-2,6-11H2,(H,28,29). The van der Waals surface area contributed by atoms with Gasteiger partial charge < -0.3 is 19.8 Å². The van der Waals surface area contributed by atoms with Crippen molar-refractivity contribution in [1.82, 2.24) is 14.9 Å². The van der Waals surface area contributed by atoms with Crippen LogP contribution in [0.3, 0.4) is 0 Å². The Balaban J connectivity index is 1.45. The SMILES string of the molecule is O=C(O)c1cccnc1N1CCN(c2ncc(C(=O)N3CCCC3)cc2Cl)CC1. The Morgan fingerprint density at radius 3 is 2.24 bits per heavy atom. The number of rotatable bonds is 4. The molecule has 2 aromatic heterocycles. The summed E-state index contributed by atoms with van der Waals surface area (Å²) in [5.41, 5.74) is 0.709. The smallest absolute Gasteiger partial charge is 0.339 e. The molecular weight excluding hydrogens is 394 g/mol. The maximum Gasteiger partial charge on any atom is 0.339 e. The summed E-state index contributed by atoms with van der Waals surface area (Å²) in [7, 11) is 0. The van der Waals surface area contributed by atoms with Crippen LogP contribution in [0, 0.1) is 0 Å². The molecule has 0 bridgehead atoms. The van der Waals surface area contributed by atoms with Gasteiger partial charge in [0, 0.05) is 51.7 Å². The molecule has 2 aromatic rings. The minimum atomic E-state index is -0.988. The Hall–Kier alpha value is -2.87. The fraction of sp³-hybridized carbons (Fsp3) is 0.400. The molecule has 152 valence electrons. The van der Waals surface area contributed by atoms with E-state index >= 15 is 0 Å². The van der Waals surface area contributed by atoms with Crippen molar-refractivity contribution < 1.29 is 14.7 Å². The number of nitrogens with zero attached hydrogens (tertiary/aromatic N) is 5. The zero-order valence-corrected chi connectivity index (χ0v) is 16.7. The van der Waals surface area contributed by atoms with Crippen molar-refractivity contribution in [1.29, 1.82) is 0 Å². The van der Waals surface area contributed by atoms with Gasteiger partial charge in [0.1, 0.15) is 17.2 Å². The zero-order chi connectivity index (χ0) is 20.4. The van der Waals surface area contributed by atoms with E-state index in [1.54, 1.807) is 30.6 Å². The molecular formula is C20H22ClN5O3. The van der Waals surface area contributed by atoms with Crippen LogP contribution in [-0.4, -0.2) is 71.1 Å². The largest absolute Gasteiger partial charge is 0.478 e. The average molecular weight is 416 g/mol. The van der Waals surface area contributed by atoms with E-state index in [9.17, 15) is 14.7 Å². The normalized spacial score (nSPS) is 16.9. The number of hydrogen-bond donors (Lipinski definition) is 1. The number of anilines is 2. The van der Waals surface area contributed by atoms with Gasteiger partial charge in [0.15, 0.2) is 0 Å². The molecule has 0 aliphatic carbocycles. The van der Waals surface area contributed by atoms with Gasteiger partial charge in [0.25, 0.3) is 5.91 Å². The van der Waals surface area contributed by atoms with Crippen LogP contribution in [0.15, 0.2) is 30.6 Å². The number of carboxylic acid groups (broad SMARTS) is 1. The molecule has 2 aliphatic heterocycles. The van der Waals surface area contributed by atoms with Gasteiger partial charge in [0.2, 0.25) is 0 Å². The van der Waals surface area contributed by atoms with E-state index in [1.807, 2.05) is 14.7 Å². The van der Waals surface area contributed by atoms with Gasteiger partial charge >= 0.3 is 5.97 Å². The van der Waals surface area contributed by atoms with Crippen LogP contribution >= 0.6 is 11.6 Å². The highest BCUT2D eigenvalue weighted by Crippen LogP contribution is 2.27. The highest BCUT2D eigenvalue weighted by molar-refractivity contribution is 6.33. The number of pyridine rings is 2. The molecule has 2 saturated heterocycles. The summed E-state index contributed by atoms with van der Waals surface area (Å²) >= 11 is 6.46. The number of halogens is 1. The third-order valence-corrected chi connectivity index (χ3v) is 5.64. The first-order valence-electron chi connectivity index (χ1n) is 9.67. The van der Waals surface area contributed by atoms with E-state index in [0.717, 1.165) is 25.9 Å². The summed E-state index contributed by atoms with van der Waals surface area (Å²) < 4.78 is 0. The maximum absolute atomic E-state index is 12.5. The Bertz CT molecular complexity index is 924. The quantitative estimate of drug-likeness (QED) is 0.819. The lowest BCUT2D eigenvalue weighted by Gasteiger charge is -2.36. The number of hydrogen-bond acceptors (Lipinski definition) is 6. The number of likely N-dealkylation sites (tertiary alicyclic amines) is 1. The first-order valence-corrected chi connectivity index (χ1v) is 10.1. The fourth-order valence-electron chi connectivity index (χ4n) is 3.83. The second kappa shape index (κ2) is 8.24. The topological polar surface area (TPSA) is 89.9 Å². The van der Waals surface area contributed by atoms with E-state index in [0.29, 0.717) is 48.4 Å². The van der Waals surface area contributed by atoms with Crippen molar-refractivity contribution in [3.05, 3.63) is 46.7 Å². The van der Waals surface area contributed by atoms with Crippen molar-refractivity contribution in [3.63, 3.8) is 0 Å². The third-order valence-electron chi connectivity index (χ3n) is 5.36. The molecule has 2 aliphatic rings. The van der Waals surface area contributed by atoms with Crippen molar-refractivity contribution in [2.75, 3.05) is 49.1 Å². The lowest BCUT2D eigenvalue weighted by Crippen LogP contribution is -2.47. The van der Waals surface area contributed by atoms with Crippen LogP contribution in [0.4, 0.5) is 11.6 Å². The number of carbonyl (C=O) groups excluding carboxylic acids is 1. The lowest BCUT2D eigenvalue weighted by molar-refractivity contribution is 0.0696. The number of carbonyl (C=O) groups is 2. The van der Waals surface area contributed by atoms with Crippen LogP contribution < -0.4 is 9.80 Å². The van der Waals surface area contributed by atoms with Crippen LogP contribution in [0.25, 0.3) is 0 Å². The molecule has 9 heteroatoms. The molecule has 29 heavy (non-hydrogen) atoms. The van der Waals surface area contributed by atoms with Crippen LogP contribution in [0.2, 0.25) is 5.02 Å². The van der Waals surface area contributed by atoms with Crippen LogP contribution in [0.5, 0.6) is 0 Å². The van der Waals surface area contributed by atoms with Gasteiger partial charge in [0.05, 0.1) is 10.6 Å². The number of amides is 1. The van der Waals surface area contributed by atoms with Crippen molar-refractivity contribution in [2.24, 2.45) is 0 Å². The van der Waals surface area contributed by atoms with E-state index in [-0.39, 0.29) is 11.5 Å². The van der Waals surface area contributed by atoms with Crippen molar-refractivity contribution in [2.45, 2.75) is 12.8 Å². The highest BCUT2D eigenvalue weighted by atomic mass is 35.5. The van der Waals surface area contributed by atoms with Gasteiger partial charge in [-0.2, -0.15) is 0 Å². The molecule has 0 aromatic carbocycles. The predicted octanol–water partition coefficient (Wildman–Crippen LogP) is 2.39. The van der Waals surface area contributed by atoms with Gasteiger partial charge in [-0.3, -0.25) is 4.79 Å². The number of aromatic nitrogens is 2. The third kappa shape index (κ3) is 3.98. The predicted molar refractivity (Wildman–Crippen MR) is 110 cm³/mol. The summed E-state index contributed by atoms with van der Waals surface area (Å²) in [5.74, 6) is 0.108. The summed E-state index contributed by atoms with van der Waals surface area (Å²) in [4.78, 5) is 38.5. The van der Waals surface area contributed by atoms with Crippen LogP contribution in [-0.2, 0) is 0 Å². The number of carboxylic acids is 1. The van der Waals surface area contributed by atoms with Crippen molar-refractivity contribution >= 4 is 35.1 Å². The van der Waals surface area contributed by atoms with Gasteiger partial charge in [-0.15, -0.1) is 0 Å². The van der Waals surface area contributed by atoms with E-state index in [1.165, 1.54) is 0 Å². The Labute approximate surface area is 173 Å². The molecule has 0 radical (unpaired) electrons. The zero-order valence-electron chi connectivity index (χ0n) is 15.9. The van der Waals surface area contributed by atoms with Gasteiger partial charge in [-0.05, 0) is 31.0 Å². The molecule has 0 saturated carbocycles. The molecule has 4 rings (SSSR count). The van der Waals surface area contributed by atoms with Crippen molar-refractivity contribution in [3.8, 4) is 0 Å². The molecule has 4 heterocycles. The molecule has 0 atom stereocenters. The summed E-state index contributed by atoms with van der Waals surface area (Å²) in [6.45, 7) is 4.02. The first-order chi connectivity index (χ1) is 14.0. The average Bonchev–Trinajstić information content (AvgIpc) is 3.28. The summed E-state index contributed by atoms with van der Waals surface area (Å²) in [6, 6.07) is 4.88. The summed E-state index contributed by atoms with van der Waals surface area (Å²) in [5, 5.41) is 9.83. The molecule has 0 spiro atoms. The molecule has 1 amide bonds. The lowest BCUT2D eigenvalue weighted by atomic mass is 10.2. The van der Waals surface area contributed by atoms with Crippen LogP contribution in [0.1, 0.15) is 33.6 Å². The molecule has 2 fully saturated rings. The molecule has 0 unspecified atom stereocenters. The number of aromatic carboxylic acids is 1. The minimum Gasteiger partial charge on any atom is -0.478 e. The second-order valence-corrected chi connectivity index (χ2v) is 7.59. The van der Waals surface area contributed by atoms with Gasteiger partial charge in [-0.25, -0.2) is 14.8 Å². The Kier molecular flexibility index (Phi) is 5.53. The summed E-state index contributed by atoms with van der Waals surface area (Å²) in [6.07, 6.45) is 5.27. The monoisotopic (exact) mass is 415 g/mol. The molecule has 1 N–H and O–H groups in total. The second-order valence-electron chi connectivity index (χ2n) is 7.18. The maximum atomic E-state index is 12.5. The first kappa shape index (κ1) is 19.4. The highest BCUT2D eigenvalue weighted by Gasteiger charge is 2.25. The minimum absolute atomic E-state index is 0.0235. The Morgan fingerprint density at radius 2 is 1.62 bits per heavy atom. The van der Waals surface area contributed by atoms with E-state index < -0.39 is 5.97 Å². The Morgan fingerprint density at radius 1 is 0.966 bits per heavy atom. The van der Waals surface area contributed by atoms with E-state index in [2.05, 4.69) is 9.97 Å². The van der Waals surface area contributed by atoms with Gasteiger partial charge in [-0.1, -0.05) is 11.6 Å². The van der Waals surface area contributed by atoms with E-state index in [4.69, 9.17) is 11.6 Å².